The minimum Gasteiger partial charge on any atom is -0.496 e. The standard InChI is InChI=1S/C14H14O4/c1-9-7-8-12(18-9)14(15)13-10(16-2)5-4-6-11(13)17-3/h4-8H,1-3H3. The van der Waals surface area contributed by atoms with E-state index in [0.717, 1.165) is 0 Å². The van der Waals surface area contributed by atoms with Gasteiger partial charge in [-0.3, -0.25) is 4.79 Å². The minimum absolute atomic E-state index is 0.252. The average molecular weight is 246 g/mol. The number of aryl methyl sites for hydroxylation is 1. The Kier molecular flexibility index (Phi) is 3.37. The van der Waals surface area contributed by atoms with Crippen molar-refractivity contribution in [2.45, 2.75) is 6.92 Å². The van der Waals surface area contributed by atoms with Crippen molar-refractivity contribution in [1.29, 1.82) is 0 Å². The van der Waals surface area contributed by atoms with Crippen LogP contribution in [0.15, 0.2) is 34.7 Å². The van der Waals surface area contributed by atoms with E-state index in [2.05, 4.69) is 0 Å². The molecular formula is C14H14O4. The summed E-state index contributed by atoms with van der Waals surface area (Å²) in [6.45, 7) is 1.79. The Bertz CT molecular complexity index is 547. The molecule has 2 rings (SSSR count). The maximum atomic E-state index is 12.4. The number of hydrogen-bond acceptors (Lipinski definition) is 4. The van der Waals surface area contributed by atoms with Gasteiger partial charge in [-0.25, -0.2) is 0 Å². The van der Waals surface area contributed by atoms with Crippen molar-refractivity contribution in [3.63, 3.8) is 0 Å². The van der Waals surface area contributed by atoms with Crippen LogP contribution in [0.4, 0.5) is 0 Å². The van der Waals surface area contributed by atoms with Crippen molar-refractivity contribution >= 4 is 5.78 Å². The van der Waals surface area contributed by atoms with Gasteiger partial charge in [0.1, 0.15) is 22.8 Å². The van der Waals surface area contributed by atoms with E-state index in [-0.39, 0.29) is 11.5 Å². The molecule has 0 aliphatic carbocycles. The molecule has 4 heteroatoms. The van der Waals surface area contributed by atoms with E-state index in [1.807, 2.05) is 0 Å². The molecule has 4 nitrogen and oxygen atoms in total. The Morgan fingerprint density at radius 1 is 1.06 bits per heavy atom. The molecule has 0 unspecified atom stereocenters. The molecular weight excluding hydrogens is 232 g/mol. The molecule has 0 spiro atoms. The molecule has 0 atom stereocenters. The quantitative estimate of drug-likeness (QED) is 0.778. The number of methoxy groups -OCH3 is 2. The third kappa shape index (κ3) is 2.09. The van der Waals surface area contributed by atoms with Gasteiger partial charge in [-0.1, -0.05) is 6.07 Å². The highest BCUT2D eigenvalue weighted by atomic mass is 16.5. The van der Waals surface area contributed by atoms with Crippen molar-refractivity contribution in [2.75, 3.05) is 14.2 Å². The Hall–Kier alpha value is -2.23. The Morgan fingerprint density at radius 2 is 1.67 bits per heavy atom. The number of rotatable bonds is 4. The lowest BCUT2D eigenvalue weighted by atomic mass is 10.1. The molecule has 0 amide bonds. The first-order valence-electron chi connectivity index (χ1n) is 5.49. The average Bonchev–Trinajstić information content (AvgIpc) is 2.83. The second-order valence-electron chi connectivity index (χ2n) is 3.78. The van der Waals surface area contributed by atoms with Crippen LogP contribution < -0.4 is 9.47 Å². The van der Waals surface area contributed by atoms with Gasteiger partial charge in [0.25, 0.3) is 0 Å². The first kappa shape index (κ1) is 12.2. The monoisotopic (exact) mass is 246 g/mol. The summed E-state index contributed by atoms with van der Waals surface area (Å²) in [6.07, 6.45) is 0. The number of carbonyl (C=O) groups excluding carboxylic acids is 1. The fourth-order valence-electron chi connectivity index (χ4n) is 1.75. The highest BCUT2D eigenvalue weighted by Crippen LogP contribution is 2.30. The fraction of sp³-hybridized carbons (Fsp3) is 0.214. The first-order valence-corrected chi connectivity index (χ1v) is 5.49. The first-order chi connectivity index (χ1) is 8.67. The van der Waals surface area contributed by atoms with Gasteiger partial charge >= 0.3 is 0 Å². The van der Waals surface area contributed by atoms with Gasteiger partial charge in [0.05, 0.1) is 14.2 Å². The molecule has 2 aromatic rings. The van der Waals surface area contributed by atoms with Gasteiger partial charge in [0, 0.05) is 0 Å². The van der Waals surface area contributed by atoms with Crippen LogP contribution in [0.1, 0.15) is 21.9 Å². The molecule has 0 aliphatic rings. The summed E-state index contributed by atoms with van der Waals surface area (Å²) >= 11 is 0. The van der Waals surface area contributed by atoms with E-state index in [9.17, 15) is 4.79 Å². The van der Waals surface area contributed by atoms with Crippen molar-refractivity contribution in [1.82, 2.24) is 0 Å². The smallest absolute Gasteiger partial charge is 0.235 e. The fourth-order valence-corrected chi connectivity index (χ4v) is 1.75. The zero-order valence-electron chi connectivity index (χ0n) is 10.5. The molecule has 0 bridgehead atoms. The molecule has 1 aromatic heterocycles. The van der Waals surface area contributed by atoms with Crippen LogP contribution in [0.25, 0.3) is 0 Å². The van der Waals surface area contributed by atoms with Gasteiger partial charge in [-0.05, 0) is 31.2 Å². The number of ketones is 1. The van der Waals surface area contributed by atoms with Crippen LogP contribution >= 0.6 is 0 Å². The highest BCUT2D eigenvalue weighted by Gasteiger charge is 2.22. The Balaban J connectivity index is 2.52. The molecule has 0 aliphatic heterocycles. The third-order valence-electron chi connectivity index (χ3n) is 2.62. The molecule has 1 aromatic carbocycles. The van der Waals surface area contributed by atoms with Gasteiger partial charge < -0.3 is 13.9 Å². The zero-order chi connectivity index (χ0) is 13.1. The summed E-state index contributed by atoms with van der Waals surface area (Å²) in [5.74, 6) is 1.64. The largest absolute Gasteiger partial charge is 0.496 e. The second kappa shape index (κ2) is 4.96. The number of benzene rings is 1. The van der Waals surface area contributed by atoms with E-state index in [4.69, 9.17) is 13.9 Å². The van der Waals surface area contributed by atoms with Crippen molar-refractivity contribution in [2.24, 2.45) is 0 Å². The van der Waals surface area contributed by atoms with Gasteiger partial charge in [-0.2, -0.15) is 0 Å². The Labute approximate surface area is 105 Å². The lowest BCUT2D eigenvalue weighted by molar-refractivity contribution is 0.100. The molecule has 18 heavy (non-hydrogen) atoms. The normalized spacial score (nSPS) is 10.2. The van der Waals surface area contributed by atoms with Crippen molar-refractivity contribution < 1.29 is 18.7 Å². The minimum atomic E-state index is -0.252. The second-order valence-corrected chi connectivity index (χ2v) is 3.78. The molecule has 0 radical (unpaired) electrons. The third-order valence-corrected chi connectivity index (χ3v) is 2.62. The van der Waals surface area contributed by atoms with Gasteiger partial charge in [0.15, 0.2) is 5.76 Å². The highest BCUT2D eigenvalue weighted by molar-refractivity contribution is 6.10. The molecule has 1 heterocycles. The number of hydrogen-bond donors (Lipinski definition) is 0. The maximum absolute atomic E-state index is 12.4. The number of ether oxygens (including phenoxy) is 2. The van der Waals surface area contributed by atoms with Crippen LogP contribution in [-0.2, 0) is 0 Å². The molecule has 0 saturated heterocycles. The zero-order valence-corrected chi connectivity index (χ0v) is 10.5. The van der Waals surface area contributed by atoms with Crippen molar-refractivity contribution in [3.05, 3.63) is 47.4 Å². The summed E-state index contributed by atoms with van der Waals surface area (Å²) in [5.41, 5.74) is 0.372. The predicted molar refractivity (Wildman–Crippen MR) is 66.4 cm³/mol. The van der Waals surface area contributed by atoms with E-state index in [1.165, 1.54) is 14.2 Å². The van der Waals surface area contributed by atoms with Crippen LogP contribution in [0.3, 0.4) is 0 Å². The molecule has 0 saturated carbocycles. The van der Waals surface area contributed by atoms with E-state index < -0.39 is 0 Å². The topological polar surface area (TPSA) is 48.7 Å². The predicted octanol–water partition coefficient (Wildman–Crippen LogP) is 2.84. The van der Waals surface area contributed by atoms with Gasteiger partial charge in [0.2, 0.25) is 5.78 Å². The van der Waals surface area contributed by atoms with Crippen molar-refractivity contribution in [3.8, 4) is 11.5 Å². The summed E-state index contributed by atoms with van der Waals surface area (Å²) in [4.78, 5) is 12.4. The SMILES string of the molecule is COc1cccc(OC)c1C(=O)c1ccc(C)o1. The lowest BCUT2D eigenvalue weighted by Gasteiger charge is -2.10. The van der Waals surface area contributed by atoms with E-state index in [0.29, 0.717) is 22.8 Å². The van der Waals surface area contributed by atoms with E-state index >= 15 is 0 Å². The molecule has 0 fully saturated rings. The van der Waals surface area contributed by atoms with Crippen LogP contribution in [-0.4, -0.2) is 20.0 Å². The lowest BCUT2D eigenvalue weighted by Crippen LogP contribution is -2.05. The summed E-state index contributed by atoms with van der Waals surface area (Å²) in [5, 5.41) is 0. The van der Waals surface area contributed by atoms with E-state index in [1.54, 1.807) is 37.3 Å². The summed E-state index contributed by atoms with van der Waals surface area (Å²) in [6, 6.07) is 8.58. The maximum Gasteiger partial charge on any atom is 0.235 e. The number of carbonyl (C=O) groups is 1. The number of furan rings is 1. The molecule has 0 N–H and O–H groups in total. The Morgan fingerprint density at radius 3 is 2.11 bits per heavy atom. The van der Waals surface area contributed by atoms with Crippen LogP contribution in [0.2, 0.25) is 0 Å². The molecule has 94 valence electrons. The van der Waals surface area contributed by atoms with Crippen LogP contribution in [0.5, 0.6) is 11.5 Å². The summed E-state index contributed by atoms with van der Waals surface area (Å²) in [7, 11) is 3.03. The van der Waals surface area contributed by atoms with Crippen LogP contribution in [0, 0.1) is 6.92 Å². The summed E-state index contributed by atoms with van der Waals surface area (Å²) < 4.78 is 15.7. The van der Waals surface area contributed by atoms with Gasteiger partial charge in [-0.15, -0.1) is 0 Å².